The van der Waals surface area contributed by atoms with Gasteiger partial charge in [0, 0.05) is 18.5 Å². The number of rotatable bonds is 9. The Labute approximate surface area is 145 Å². The van der Waals surface area contributed by atoms with Gasteiger partial charge in [0.2, 0.25) is 0 Å². The normalized spacial score (nSPS) is 12.2. The molecule has 0 aliphatic rings. The van der Waals surface area contributed by atoms with Gasteiger partial charge in [-0.3, -0.25) is 0 Å². The molecule has 0 aliphatic heterocycles. The summed E-state index contributed by atoms with van der Waals surface area (Å²) in [5.74, 6) is 1.34. The van der Waals surface area contributed by atoms with E-state index in [0.717, 1.165) is 55.8 Å². The van der Waals surface area contributed by atoms with Crippen LogP contribution in [0.15, 0.2) is 6.33 Å². The molecule has 0 atom stereocenters. The second-order valence-electron chi connectivity index (χ2n) is 7.48. The lowest BCUT2D eigenvalue weighted by Gasteiger charge is -2.20. The number of aryl methyl sites for hydroxylation is 2. The summed E-state index contributed by atoms with van der Waals surface area (Å²) < 4.78 is 2.10. The molecule has 0 aliphatic carbocycles. The molecule has 0 saturated carbocycles. The van der Waals surface area contributed by atoms with E-state index >= 15 is 0 Å². The maximum atomic E-state index is 6.06. The van der Waals surface area contributed by atoms with Crippen LogP contribution in [-0.2, 0) is 13.0 Å². The number of nitrogens with one attached hydrogen (secondary N) is 1. The molecule has 0 unspecified atom stereocenters. The lowest BCUT2D eigenvalue weighted by molar-refractivity contribution is 0.414. The van der Waals surface area contributed by atoms with Crippen LogP contribution in [-0.4, -0.2) is 31.6 Å². The Morgan fingerprint density at radius 1 is 1.12 bits per heavy atom. The molecule has 0 amide bonds. The third-order valence-electron chi connectivity index (χ3n) is 4.02. The van der Waals surface area contributed by atoms with Crippen molar-refractivity contribution in [3.05, 3.63) is 12.2 Å². The zero-order chi connectivity index (χ0) is 17.6. The van der Waals surface area contributed by atoms with E-state index in [0.29, 0.717) is 5.82 Å². The molecule has 0 radical (unpaired) electrons. The fourth-order valence-corrected chi connectivity index (χ4v) is 2.69. The van der Waals surface area contributed by atoms with Gasteiger partial charge in [0.15, 0.2) is 11.5 Å². The number of nitrogen functional groups attached to an aromatic ring is 1. The highest BCUT2D eigenvalue weighted by molar-refractivity contribution is 5.81. The van der Waals surface area contributed by atoms with Crippen molar-refractivity contribution >= 4 is 17.0 Å². The predicted molar refractivity (Wildman–Crippen MR) is 100.0 cm³/mol. The fourth-order valence-electron chi connectivity index (χ4n) is 2.69. The van der Waals surface area contributed by atoms with E-state index in [1.807, 2.05) is 6.33 Å². The number of imidazole rings is 1. The smallest absolute Gasteiger partial charge is 0.165 e. The Hall–Kier alpha value is -1.69. The zero-order valence-electron chi connectivity index (χ0n) is 15.6. The van der Waals surface area contributed by atoms with E-state index < -0.39 is 0 Å². The van der Waals surface area contributed by atoms with Crippen molar-refractivity contribution < 1.29 is 0 Å². The number of unbranched alkanes of at least 4 members (excludes halogenated alkanes) is 3. The Morgan fingerprint density at radius 3 is 2.62 bits per heavy atom. The van der Waals surface area contributed by atoms with Crippen molar-refractivity contribution in [2.75, 3.05) is 12.3 Å². The molecule has 6 heteroatoms. The molecule has 2 rings (SSSR count). The molecular weight excluding hydrogens is 300 g/mol. The van der Waals surface area contributed by atoms with Gasteiger partial charge in [-0.05, 0) is 46.6 Å². The van der Waals surface area contributed by atoms with Crippen LogP contribution in [0.5, 0.6) is 0 Å². The standard InChI is InChI=1S/C18H32N6/c1-5-6-7-10-14-22-16(19)15-17(23-14)24(13-20-15)12-9-8-11-21-18(2,3)4/h13,21H,5-12H2,1-4H3,(H2,19,22,23). The van der Waals surface area contributed by atoms with Crippen molar-refractivity contribution in [1.82, 2.24) is 24.8 Å². The minimum absolute atomic E-state index is 0.177. The molecule has 2 heterocycles. The van der Waals surface area contributed by atoms with Gasteiger partial charge in [-0.1, -0.05) is 19.8 Å². The SMILES string of the molecule is CCCCCc1nc(N)c2ncn(CCCCNC(C)(C)C)c2n1. The van der Waals surface area contributed by atoms with Gasteiger partial charge < -0.3 is 15.6 Å². The topological polar surface area (TPSA) is 81.6 Å². The molecule has 2 aromatic rings. The first-order valence-electron chi connectivity index (χ1n) is 9.13. The molecule has 134 valence electrons. The van der Waals surface area contributed by atoms with Gasteiger partial charge in [-0.2, -0.15) is 0 Å². The van der Waals surface area contributed by atoms with Crippen molar-refractivity contribution in [2.45, 2.75) is 78.3 Å². The van der Waals surface area contributed by atoms with E-state index in [2.05, 4.69) is 47.5 Å². The minimum atomic E-state index is 0.177. The van der Waals surface area contributed by atoms with E-state index in [9.17, 15) is 0 Å². The highest BCUT2D eigenvalue weighted by Gasteiger charge is 2.11. The van der Waals surface area contributed by atoms with Crippen LogP contribution < -0.4 is 11.1 Å². The summed E-state index contributed by atoms with van der Waals surface area (Å²) in [5.41, 5.74) is 7.84. The average Bonchev–Trinajstić information content (AvgIpc) is 2.90. The van der Waals surface area contributed by atoms with Gasteiger partial charge >= 0.3 is 0 Å². The van der Waals surface area contributed by atoms with E-state index in [1.54, 1.807) is 0 Å². The van der Waals surface area contributed by atoms with Crippen LogP contribution in [0, 0.1) is 0 Å². The molecule has 0 aromatic carbocycles. The van der Waals surface area contributed by atoms with E-state index in [4.69, 9.17) is 10.7 Å². The molecule has 6 nitrogen and oxygen atoms in total. The van der Waals surface area contributed by atoms with Crippen LogP contribution in [0.4, 0.5) is 5.82 Å². The van der Waals surface area contributed by atoms with Crippen LogP contribution in [0.2, 0.25) is 0 Å². The summed E-state index contributed by atoms with van der Waals surface area (Å²) in [5, 5.41) is 3.52. The van der Waals surface area contributed by atoms with E-state index in [1.165, 1.54) is 12.8 Å². The number of anilines is 1. The number of nitrogens with two attached hydrogens (primary N) is 1. The van der Waals surface area contributed by atoms with E-state index in [-0.39, 0.29) is 5.54 Å². The maximum absolute atomic E-state index is 6.06. The summed E-state index contributed by atoms with van der Waals surface area (Å²) >= 11 is 0. The Balaban J connectivity index is 1.97. The lowest BCUT2D eigenvalue weighted by Crippen LogP contribution is -2.36. The summed E-state index contributed by atoms with van der Waals surface area (Å²) in [6.07, 6.45) is 8.43. The number of nitrogens with zero attached hydrogens (tertiary/aromatic N) is 4. The van der Waals surface area contributed by atoms with Crippen LogP contribution in [0.25, 0.3) is 11.2 Å². The molecule has 0 fully saturated rings. The summed E-state index contributed by atoms with van der Waals surface area (Å²) in [4.78, 5) is 13.5. The van der Waals surface area contributed by atoms with Gasteiger partial charge in [0.05, 0.1) is 6.33 Å². The predicted octanol–water partition coefficient (Wildman–Crippen LogP) is 3.31. The van der Waals surface area contributed by atoms with Gasteiger partial charge in [0.25, 0.3) is 0 Å². The van der Waals surface area contributed by atoms with Gasteiger partial charge in [0.1, 0.15) is 11.3 Å². The highest BCUT2D eigenvalue weighted by atomic mass is 15.1. The van der Waals surface area contributed by atoms with Crippen molar-refractivity contribution in [3.8, 4) is 0 Å². The third-order valence-corrected chi connectivity index (χ3v) is 4.02. The number of hydrogen-bond acceptors (Lipinski definition) is 5. The maximum Gasteiger partial charge on any atom is 0.165 e. The molecule has 0 bridgehead atoms. The van der Waals surface area contributed by atoms with Crippen molar-refractivity contribution in [3.63, 3.8) is 0 Å². The minimum Gasteiger partial charge on any atom is -0.382 e. The van der Waals surface area contributed by atoms with Gasteiger partial charge in [-0.25, -0.2) is 15.0 Å². The third kappa shape index (κ3) is 5.44. The van der Waals surface area contributed by atoms with Gasteiger partial charge in [-0.15, -0.1) is 0 Å². The second kappa shape index (κ2) is 8.42. The first-order valence-corrected chi connectivity index (χ1v) is 9.13. The first-order chi connectivity index (χ1) is 11.4. The Kier molecular flexibility index (Phi) is 6.54. The second-order valence-corrected chi connectivity index (χ2v) is 7.48. The molecule has 0 spiro atoms. The zero-order valence-corrected chi connectivity index (χ0v) is 15.6. The highest BCUT2D eigenvalue weighted by Crippen LogP contribution is 2.17. The monoisotopic (exact) mass is 332 g/mol. The number of aromatic nitrogens is 4. The summed E-state index contributed by atoms with van der Waals surface area (Å²) in [7, 11) is 0. The van der Waals surface area contributed by atoms with Crippen LogP contribution >= 0.6 is 0 Å². The number of fused-ring (bicyclic) bond motifs is 1. The average molecular weight is 332 g/mol. The molecule has 0 saturated heterocycles. The lowest BCUT2D eigenvalue weighted by atomic mass is 10.1. The molecule has 3 N–H and O–H groups in total. The van der Waals surface area contributed by atoms with Crippen molar-refractivity contribution in [1.29, 1.82) is 0 Å². The largest absolute Gasteiger partial charge is 0.382 e. The number of hydrogen-bond donors (Lipinski definition) is 2. The fraction of sp³-hybridized carbons (Fsp3) is 0.722. The van der Waals surface area contributed by atoms with Crippen LogP contribution in [0.3, 0.4) is 0 Å². The Bertz CT molecular complexity index is 641. The Morgan fingerprint density at radius 2 is 1.92 bits per heavy atom. The quantitative estimate of drug-likeness (QED) is 0.689. The first kappa shape index (κ1) is 18.6. The molecule has 24 heavy (non-hydrogen) atoms. The van der Waals surface area contributed by atoms with Crippen molar-refractivity contribution in [2.24, 2.45) is 0 Å². The summed E-state index contributed by atoms with van der Waals surface area (Å²) in [6, 6.07) is 0. The molecular formula is C18H32N6. The summed E-state index contributed by atoms with van der Waals surface area (Å²) in [6.45, 7) is 10.7. The molecule has 2 aromatic heterocycles. The van der Waals surface area contributed by atoms with Crippen LogP contribution in [0.1, 0.15) is 65.6 Å².